The lowest BCUT2D eigenvalue weighted by Crippen LogP contribution is -2.06. The van der Waals surface area contributed by atoms with Crippen LogP contribution in [-0.2, 0) is 16.0 Å². The van der Waals surface area contributed by atoms with Crippen LogP contribution in [-0.4, -0.2) is 27.3 Å². The van der Waals surface area contributed by atoms with Crippen LogP contribution in [0.5, 0.6) is 11.5 Å². The van der Waals surface area contributed by atoms with Crippen molar-refractivity contribution < 1.29 is 19.0 Å². The van der Waals surface area contributed by atoms with E-state index in [1.165, 1.54) is 21.3 Å². The molecule has 0 spiro atoms. The van der Waals surface area contributed by atoms with Gasteiger partial charge in [0.05, 0.1) is 27.8 Å². The SMILES string of the molecule is C#Cc1cc(OC)c(OC)cc1CC(=O)OC. The fraction of sp³-hybridized carbons (Fsp3) is 0.308. The molecule has 0 amide bonds. The molecule has 1 aromatic carbocycles. The third kappa shape index (κ3) is 2.91. The number of ether oxygens (including phenoxy) is 3. The maximum absolute atomic E-state index is 11.2. The molecule has 0 heterocycles. The Hall–Kier alpha value is -2.15. The molecule has 17 heavy (non-hydrogen) atoms. The smallest absolute Gasteiger partial charge is 0.310 e. The monoisotopic (exact) mass is 234 g/mol. The Morgan fingerprint density at radius 3 is 2.29 bits per heavy atom. The van der Waals surface area contributed by atoms with Gasteiger partial charge in [-0.25, -0.2) is 0 Å². The van der Waals surface area contributed by atoms with Gasteiger partial charge in [0.2, 0.25) is 0 Å². The van der Waals surface area contributed by atoms with Crippen LogP contribution in [0.15, 0.2) is 12.1 Å². The summed E-state index contributed by atoms with van der Waals surface area (Å²) >= 11 is 0. The van der Waals surface area contributed by atoms with Crippen molar-refractivity contribution in [1.29, 1.82) is 0 Å². The number of carbonyl (C=O) groups is 1. The molecule has 0 saturated carbocycles. The lowest BCUT2D eigenvalue weighted by atomic mass is 10.0. The number of methoxy groups -OCH3 is 3. The average molecular weight is 234 g/mol. The number of rotatable bonds is 4. The Morgan fingerprint density at radius 1 is 1.24 bits per heavy atom. The van der Waals surface area contributed by atoms with Gasteiger partial charge in [0, 0.05) is 5.56 Å². The second-order valence-corrected chi connectivity index (χ2v) is 3.26. The zero-order valence-corrected chi connectivity index (χ0v) is 10.1. The van der Waals surface area contributed by atoms with E-state index in [2.05, 4.69) is 10.7 Å². The van der Waals surface area contributed by atoms with Gasteiger partial charge in [-0.1, -0.05) is 5.92 Å². The first kappa shape index (κ1) is 12.9. The summed E-state index contributed by atoms with van der Waals surface area (Å²) < 4.78 is 14.9. The van der Waals surface area contributed by atoms with Crippen molar-refractivity contribution in [2.75, 3.05) is 21.3 Å². The van der Waals surface area contributed by atoms with Gasteiger partial charge in [-0.05, 0) is 17.7 Å². The van der Waals surface area contributed by atoms with Crippen molar-refractivity contribution in [3.05, 3.63) is 23.3 Å². The van der Waals surface area contributed by atoms with E-state index in [1.54, 1.807) is 12.1 Å². The molecule has 4 nitrogen and oxygen atoms in total. The largest absolute Gasteiger partial charge is 0.493 e. The van der Waals surface area contributed by atoms with Gasteiger partial charge in [-0.3, -0.25) is 4.79 Å². The van der Waals surface area contributed by atoms with Crippen LogP contribution in [0, 0.1) is 12.3 Å². The lowest BCUT2D eigenvalue weighted by molar-refractivity contribution is -0.139. The predicted molar refractivity (Wildman–Crippen MR) is 63.2 cm³/mol. The molecule has 0 atom stereocenters. The molecule has 1 rings (SSSR count). The summed E-state index contributed by atoms with van der Waals surface area (Å²) in [6, 6.07) is 3.35. The molecule has 0 fully saturated rings. The van der Waals surface area contributed by atoms with E-state index in [9.17, 15) is 4.79 Å². The van der Waals surface area contributed by atoms with Crippen LogP contribution in [0.4, 0.5) is 0 Å². The van der Waals surface area contributed by atoms with E-state index in [0.717, 1.165) is 0 Å². The minimum Gasteiger partial charge on any atom is -0.493 e. The number of carbonyl (C=O) groups excluding carboxylic acids is 1. The van der Waals surface area contributed by atoms with Crippen LogP contribution in [0.2, 0.25) is 0 Å². The predicted octanol–water partition coefficient (Wildman–Crippen LogP) is 1.40. The molecule has 0 aliphatic heterocycles. The van der Waals surface area contributed by atoms with Gasteiger partial charge in [0.25, 0.3) is 0 Å². The maximum Gasteiger partial charge on any atom is 0.310 e. The molecule has 0 bridgehead atoms. The maximum atomic E-state index is 11.2. The number of benzene rings is 1. The summed E-state index contributed by atoms with van der Waals surface area (Å²) in [6.07, 6.45) is 5.49. The second-order valence-electron chi connectivity index (χ2n) is 3.26. The minimum absolute atomic E-state index is 0.108. The number of terminal acetylenes is 1. The van der Waals surface area contributed by atoms with E-state index in [4.69, 9.17) is 15.9 Å². The summed E-state index contributed by atoms with van der Waals surface area (Å²) in [7, 11) is 4.38. The first-order chi connectivity index (χ1) is 8.15. The number of esters is 1. The van der Waals surface area contributed by atoms with Crippen molar-refractivity contribution in [3.63, 3.8) is 0 Å². The van der Waals surface area contributed by atoms with Crippen LogP contribution >= 0.6 is 0 Å². The Labute approximate surface area is 100 Å². The summed E-state index contributed by atoms with van der Waals surface area (Å²) in [5.41, 5.74) is 1.27. The molecule has 0 aliphatic rings. The van der Waals surface area contributed by atoms with Gasteiger partial charge in [-0.2, -0.15) is 0 Å². The molecule has 90 valence electrons. The summed E-state index contributed by atoms with van der Waals surface area (Å²) in [5.74, 6) is 3.22. The van der Waals surface area contributed by atoms with E-state index >= 15 is 0 Å². The first-order valence-electron chi connectivity index (χ1n) is 4.94. The van der Waals surface area contributed by atoms with Crippen LogP contribution in [0.25, 0.3) is 0 Å². The second kappa shape index (κ2) is 5.80. The lowest BCUT2D eigenvalue weighted by Gasteiger charge is -2.11. The fourth-order valence-electron chi connectivity index (χ4n) is 1.43. The van der Waals surface area contributed by atoms with Gasteiger partial charge < -0.3 is 14.2 Å². The summed E-state index contributed by atoms with van der Waals surface area (Å²) in [4.78, 5) is 11.2. The standard InChI is InChI=1S/C13H14O4/c1-5-9-6-11(15-2)12(16-3)7-10(9)8-13(14)17-4/h1,6-7H,8H2,2-4H3. The average Bonchev–Trinajstić information content (AvgIpc) is 2.37. The normalized spacial score (nSPS) is 9.29. The Morgan fingerprint density at radius 2 is 1.82 bits per heavy atom. The van der Waals surface area contributed by atoms with Crippen molar-refractivity contribution in [2.45, 2.75) is 6.42 Å². The topological polar surface area (TPSA) is 44.8 Å². The summed E-state index contributed by atoms with van der Waals surface area (Å²) in [5, 5.41) is 0. The number of hydrogen-bond donors (Lipinski definition) is 0. The fourth-order valence-corrected chi connectivity index (χ4v) is 1.43. The van der Waals surface area contributed by atoms with Crippen LogP contribution in [0.1, 0.15) is 11.1 Å². The van der Waals surface area contributed by atoms with Crippen LogP contribution < -0.4 is 9.47 Å². The Bertz CT molecular complexity index is 457. The number of hydrogen-bond acceptors (Lipinski definition) is 4. The quantitative estimate of drug-likeness (QED) is 0.583. The molecular weight excluding hydrogens is 220 g/mol. The van der Waals surface area contributed by atoms with E-state index in [1.807, 2.05) is 0 Å². The van der Waals surface area contributed by atoms with Gasteiger partial charge >= 0.3 is 5.97 Å². The van der Waals surface area contributed by atoms with E-state index in [-0.39, 0.29) is 12.4 Å². The highest BCUT2D eigenvalue weighted by atomic mass is 16.5. The third-order valence-electron chi connectivity index (χ3n) is 2.33. The molecule has 4 heteroatoms. The van der Waals surface area contributed by atoms with Crippen molar-refractivity contribution in [1.82, 2.24) is 0 Å². The van der Waals surface area contributed by atoms with Gasteiger partial charge in [0.1, 0.15) is 0 Å². The molecular formula is C13H14O4. The third-order valence-corrected chi connectivity index (χ3v) is 2.33. The van der Waals surface area contributed by atoms with Gasteiger partial charge in [-0.15, -0.1) is 6.42 Å². The van der Waals surface area contributed by atoms with E-state index < -0.39 is 0 Å². The molecule has 1 aromatic rings. The van der Waals surface area contributed by atoms with E-state index in [0.29, 0.717) is 22.6 Å². The first-order valence-corrected chi connectivity index (χ1v) is 4.94. The highest BCUT2D eigenvalue weighted by Gasteiger charge is 2.13. The molecule has 0 saturated heterocycles. The molecule has 0 N–H and O–H groups in total. The van der Waals surface area contributed by atoms with Crippen LogP contribution in [0.3, 0.4) is 0 Å². The minimum atomic E-state index is -0.353. The Kier molecular flexibility index (Phi) is 4.41. The molecule has 0 radical (unpaired) electrons. The van der Waals surface area contributed by atoms with Gasteiger partial charge in [0.15, 0.2) is 11.5 Å². The van der Waals surface area contributed by atoms with Crippen molar-refractivity contribution in [3.8, 4) is 23.8 Å². The summed E-state index contributed by atoms with van der Waals surface area (Å²) in [6.45, 7) is 0. The van der Waals surface area contributed by atoms with Crippen molar-refractivity contribution >= 4 is 5.97 Å². The molecule has 0 aromatic heterocycles. The zero-order valence-electron chi connectivity index (χ0n) is 10.1. The molecule has 0 aliphatic carbocycles. The zero-order chi connectivity index (χ0) is 12.8. The molecule has 0 unspecified atom stereocenters. The Balaban J connectivity index is 3.20. The highest BCUT2D eigenvalue weighted by molar-refractivity contribution is 5.74. The van der Waals surface area contributed by atoms with Crippen molar-refractivity contribution in [2.24, 2.45) is 0 Å². The highest BCUT2D eigenvalue weighted by Crippen LogP contribution is 2.30.